The van der Waals surface area contributed by atoms with E-state index in [0.29, 0.717) is 0 Å². The quantitative estimate of drug-likeness (QED) is 0.163. The molecule has 0 bridgehead atoms. The van der Waals surface area contributed by atoms with Gasteiger partial charge in [-0.2, -0.15) is 0 Å². The number of nitrogens with zero attached hydrogens (tertiary/aromatic N) is 2. The van der Waals surface area contributed by atoms with E-state index in [9.17, 15) is 0 Å². The molecule has 3 heterocycles. The minimum atomic E-state index is 0.889. The van der Waals surface area contributed by atoms with Gasteiger partial charge in [-0.15, -0.1) is 0 Å². The lowest BCUT2D eigenvalue weighted by Gasteiger charge is -2.14. The second kappa shape index (κ2) is 14.6. The molecule has 0 N–H and O–H groups in total. The summed E-state index contributed by atoms with van der Waals surface area (Å²) in [4.78, 5) is 0. The van der Waals surface area contributed by atoms with Crippen molar-refractivity contribution in [3.05, 3.63) is 229 Å². The second-order valence-electron chi connectivity index (χ2n) is 16.7. The highest BCUT2D eigenvalue weighted by Crippen LogP contribution is 2.41. The van der Waals surface area contributed by atoms with E-state index in [-0.39, 0.29) is 0 Å². The third kappa shape index (κ3) is 5.95. The molecule has 4 heteroatoms. The van der Waals surface area contributed by atoms with Crippen LogP contribution in [0.15, 0.2) is 233 Å². The zero-order valence-corrected chi connectivity index (χ0v) is 36.1. The Labute approximate surface area is 377 Å². The Kier molecular flexibility index (Phi) is 8.37. The Bertz CT molecular complexity index is 3910. The number of para-hydroxylation sites is 3. The van der Waals surface area contributed by atoms with E-state index in [4.69, 9.17) is 4.42 Å². The Balaban J connectivity index is 0.929. The third-order valence-electron chi connectivity index (χ3n) is 12.9. The van der Waals surface area contributed by atoms with Crippen molar-refractivity contribution in [3.8, 4) is 55.9 Å². The van der Waals surface area contributed by atoms with E-state index in [0.717, 1.165) is 65.5 Å². The fraction of sp³-hybridized carbons (Fsp3) is 0. The number of hydrogen-bond donors (Lipinski definition) is 0. The van der Waals surface area contributed by atoms with Crippen LogP contribution in [0.2, 0.25) is 0 Å². The number of hydrogen-bond acceptors (Lipinski definition) is 1. The van der Waals surface area contributed by atoms with Crippen molar-refractivity contribution >= 4 is 81.5 Å². The predicted octanol–water partition coefficient (Wildman–Crippen LogP) is 17.2. The van der Waals surface area contributed by atoms with Crippen molar-refractivity contribution in [2.75, 3.05) is 0 Å². The van der Waals surface area contributed by atoms with Gasteiger partial charge in [0.25, 0.3) is 0 Å². The fourth-order valence-corrected chi connectivity index (χ4v) is 10.5. The summed E-state index contributed by atoms with van der Waals surface area (Å²) in [5.41, 5.74) is 18.1. The van der Waals surface area contributed by atoms with E-state index < -0.39 is 0 Å². The number of furan rings is 1. The van der Waals surface area contributed by atoms with Gasteiger partial charge in [-0.05, 0) is 136 Å². The van der Waals surface area contributed by atoms with Crippen molar-refractivity contribution in [3.63, 3.8) is 0 Å². The number of benzene rings is 10. The highest BCUT2D eigenvalue weighted by Gasteiger charge is 2.18. The molecular formula is C60H37BrN2O. The monoisotopic (exact) mass is 880 g/mol. The molecule has 0 aliphatic heterocycles. The molecule has 13 aromatic rings. The van der Waals surface area contributed by atoms with E-state index >= 15 is 0 Å². The van der Waals surface area contributed by atoms with Crippen molar-refractivity contribution in [2.24, 2.45) is 0 Å². The van der Waals surface area contributed by atoms with Crippen LogP contribution in [0.25, 0.3) is 121 Å². The molecule has 0 amide bonds. The number of fused-ring (bicyclic) bond motifs is 9. The normalized spacial score (nSPS) is 11.8. The van der Waals surface area contributed by atoms with Gasteiger partial charge in [-0.25, -0.2) is 0 Å². The summed E-state index contributed by atoms with van der Waals surface area (Å²) in [6.45, 7) is 0. The molecule has 3 nitrogen and oxygen atoms in total. The van der Waals surface area contributed by atoms with Crippen LogP contribution in [0, 0.1) is 0 Å². The molecule has 0 aliphatic rings. The van der Waals surface area contributed by atoms with Crippen LogP contribution in [0.3, 0.4) is 0 Å². The molecule has 0 atom stereocenters. The molecule has 0 saturated carbocycles. The van der Waals surface area contributed by atoms with Crippen molar-refractivity contribution in [2.45, 2.75) is 0 Å². The maximum Gasteiger partial charge on any atom is 0.137 e. The maximum absolute atomic E-state index is 6.34. The standard InChI is InChI=1S/C60H37BrN2O/c61-46-31-42(40-23-27-57-53(35-40)49-17-7-10-20-55(49)62(57)47-25-26-52-51-19-9-12-22-59(51)64-60(52)37-47)29-43(32-46)41-24-28-58-54(36-41)50-18-8-11-21-56(50)63(58)48-33-44(38-13-3-1-4-14-38)30-45(34-48)39-15-5-2-6-16-39/h1-37H. The lowest BCUT2D eigenvalue weighted by Crippen LogP contribution is -1.96. The van der Waals surface area contributed by atoms with Crippen LogP contribution in [-0.4, -0.2) is 9.13 Å². The fourth-order valence-electron chi connectivity index (χ4n) is 9.97. The van der Waals surface area contributed by atoms with Crippen molar-refractivity contribution in [1.82, 2.24) is 9.13 Å². The Morgan fingerprint density at radius 1 is 0.266 bits per heavy atom. The molecule has 3 aromatic heterocycles. The predicted molar refractivity (Wildman–Crippen MR) is 272 cm³/mol. The van der Waals surface area contributed by atoms with Crippen LogP contribution in [0.1, 0.15) is 0 Å². The SMILES string of the molecule is Brc1cc(-c2ccc3c(c2)c2ccccc2n3-c2cc(-c3ccccc3)cc(-c3ccccc3)c2)cc(-c2ccc3c(c2)c2ccccc2n3-c2ccc3c(c2)oc2ccccc23)c1. The van der Waals surface area contributed by atoms with Gasteiger partial charge in [0.2, 0.25) is 0 Å². The first-order valence-corrected chi connectivity index (χ1v) is 22.5. The zero-order chi connectivity index (χ0) is 42.3. The molecule has 0 unspecified atom stereocenters. The molecule has 10 aromatic carbocycles. The van der Waals surface area contributed by atoms with E-state index in [2.05, 4.69) is 237 Å². The van der Waals surface area contributed by atoms with Crippen LogP contribution in [0.5, 0.6) is 0 Å². The first-order valence-electron chi connectivity index (χ1n) is 21.7. The summed E-state index contributed by atoms with van der Waals surface area (Å²) >= 11 is 3.92. The Morgan fingerprint density at radius 2 is 0.719 bits per heavy atom. The van der Waals surface area contributed by atoms with Crippen LogP contribution in [0.4, 0.5) is 0 Å². The smallest absolute Gasteiger partial charge is 0.137 e. The Hall–Kier alpha value is -7.92. The van der Waals surface area contributed by atoms with Gasteiger partial charge in [0.15, 0.2) is 0 Å². The average Bonchev–Trinajstić information content (AvgIpc) is 4.01. The van der Waals surface area contributed by atoms with Crippen LogP contribution < -0.4 is 0 Å². The van der Waals surface area contributed by atoms with Gasteiger partial charge in [0, 0.05) is 54.2 Å². The molecule has 0 radical (unpaired) electrons. The summed E-state index contributed by atoms with van der Waals surface area (Å²) in [6, 6.07) is 81.3. The average molecular weight is 882 g/mol. The number of aromatic nitrogens is 2. The zero-order valence-electron chi connectivity index (χ0n) is 34.5. The molecule has 0 aliphatic carbocycles. The van der Waals surface area contributed by atoms with E-state index in [1.165, 1.54) is 60.4 Å². The molecule has 0 saturated heterocycles. The molecule has 300 valence electrons. The molecule has 0 spiro atoms. The molecular weight excluding hydrogens is 845 g/mol. The Morgan fingerprint density at radius 3 is 1.30 bits per heavy atom. The van der Waals surface area contributed by atoms with E-state index in [1.807, 2.05) is 12.1 Å². The lowest BCUT2D eigenvalue weighted by atomic mass is 9.97. The number of halogens is 1. The van der Waals surface area contributed by atoms with Crippen LogP contribution in [-0.2, 0) is 0 Å². The summed E-state index contributed by atoms with van der Waals surface area (Å²) in [5.74, 6) is 0. The van der Waals surface area contributed by atoms with Gasteiger partial charge >= 0.3 is 0 Å². The lowest BCUT2D eigenvalue weighted by molar-refractivity contribution is 0.668. The minimum absolute atomic E-state index is 0.889. The molecule has 64 heavy (non-hydrogen) atoms. The van der Waals surface area contributed by atoms with E-state index in [1.54, 1.807) is 0 Å². The van der Waals surface area contributed by atoms with Gasteiger partial charge in [-0.1, -0.05) is 143 Å². The largest absolute Gasteiger partial charge is 0.456 e. The number of rotatable bonds is 6. The van der Waals surface area contributed by atoms with Crippen LogP contribution >= 0.6 is 15.9 Å². The molecule has 0 fully saturated rings. The summed E-state index contributed by atoms with van der Waals surface area (Å²) in [5, 5.41) is 7.13. The first kappa shape index (κ1) is 36.7. The maximum atomic E-state index is 6.34. The molecule has 13 rings (SSSR count). The highest BCUT2D eigenvalue weighted by atomic mass is 79.9. The van der Waals surface area contributed by atoms with Gasteiger partial charge in [0.1, 0.15) is 11.2 Å². The van der Waals surface area contributed by atoms with Crippen molar-refractivity contribution in [1.29, 1.82) is 0 Å². The van der Waals surface area contributed by atoms with Gasteiger partial charge in [-0.3, -0.25) is 0 Å². The van der Waals surface area contributed by atoms with Crippen molar-refractivity contribution < 1.29 is 4.42 Å². The van der Waals surface area contributed by atoms with Gasteiger partial charge in [0.05, 0.1) is 22.1 Å². The topological polar surface area (TPSA) is 23.0 Å². The first-order chi connectivity index (χ1) is 31.6. The highest BCUT2D eigenvalue weighted by molar-refractivity contribution is 9.10. The van der Waals surface area contributed by atoms with Gasteiger partial charge < -0.3 is 13.6 Å². The summed E-state index contributed by atoms with van der Waals surface area (Å²) in [6.07, 6.45) is 0. The minimum Gasteiger partial charge on any atom is -0.456 e. The summed E-state index contributed by atoms with van der Waals surface area (Å²) < 4.78 is 12.2. The third-order valence-corrected chi connectivity index (χ3v) is 13.4. The second-order valence-corrected chi connectivity index (χ2v) is 17.6. The summed E-state index contributed by atoms with van der Waals surface area (Å²) in [7, 11) is 0.